The van der Waals surface area contributed by atoms with E-state index in [9.17, 15) is 4.39 Å². The lowest BCUT2D eigenvalue weighted by molar-refractivity contribution is 0.544. The van der Waals surface area contributed by atoms with Gasteiger partial charge in [-0.1, -0.05) is 22.0 Å². The molecule has 0 radical (unpaired) electrons. The average Bonchev–Trinajstić information content (AvgIpc) is 2.63. The maximum Gasteiger partial charge on any atom is 0.124 e. The molecule has 0 aliphatic heterocycles. The van der Waals surface area contributed by atoms with Gasteiger partial charge in [0.05, 0.1) is 11.7 Å². The van der Waals surface area contributed by atoms with Gasteiger partial charge in [-0.25, -0.2) is 4.39 Å². The van der Waals surface area contributed by atoms with Crippen LogP contribution in [0.2, 0.25) is 0 Å². The van der Waals surface area contributed by atoms with E-state index in [2.05, 4.69) is 26.5 Å². The highest BCUT2D eigenvalue weighted by Gasteiger charge is 2.20. The van der Waals surface area contributed by atoms with Crippen molar-refractivity contribution in [3.63, 3.8) is 0 Å². The average molecular weight is 341 g/mol. The zero-order chi connectivity index (χ0) is 14.9. The summed E-state index contributed by atoms with van der Waals surface area (Å²) in [5.74, 6) is 5.45. The lowest BCUT2D eigenvalue weighted by atomic mass is 9.98. The van der Waals surface area contributed by atoms with Crippen LogP contribution in [-0.4, -0.2) is 9.78 Å². The lowest BCUT2D eigenvalue weighted by Crippen LogP contribution is -2.30. The summed E-state index contributed by atoms with van der Waals surface area (Å²) < 4.78 is 15.7. The van der Waals surface area contributed by atoms with Crippen LogP contribution in [0, 0.1) is 19.7 Å². The summed E-state index contributed by atoms with van der Waals surface area (Å²) in [6, 6.07) is 4.62. The van der Waals surface area contributed by atoms with Crippen molar-refractivity contribution in [2.24, 2.45) is 12.9 Å². The Morgan fingerprint density at radius 2 is 2.15 bits per heavy atom. The molecule has 0 amide bonds. The SMILES string of the molecule is Cc1nn(C)c(C)c1C(Cc1ccc(F)cc1Br)NN. The van der Waals surface area contributed by atoms with Gasteiger partial charge in [-0.2, -0.15) is 5.10 Å². The Balaban J connectivity index is 2.33. The third-order valence-electron chi connectivity index (χ3n) is 3.55. The lowest BCUT2D eigenvalue weighted by Gasteiger charge is -2.18. The molecule has 0 saturated heterocycles. The van der Waals surface area contributed by atoms with E-state index in [1.807, 2.05) is 25.6 Å². The molecule has 6 heteroatoms. The summed E-state index contributed by atoms with van der Waals surface area (Å²) in [6.07, 6.45) is 0.657. The first-order chi connectivity index (χ1) is 9.43. The number of halogens is 2. The maximum atomic E-state index is 13.1. The predicted molar refractivity (Wildman–Crippen MR) is 80.6 cm³/mol. The van der Waals surface area contributed by atoms with Crippen LogP contribution >= 0.6 is 15.9 Å². The Kier molecular flexibility index (Phi) is 4.57. The van der Waals surface area contributed by atoms with Crippen LogP contribution in [0.3, 0.4) is 0 Å². The highest BCUT2D eigenvalue weighted by Crippen LogP contribution is 2.27. The second-order valence-electron chi connectivity index (χ2n) is 4.87. The van der Waals surface area contributed by atoms with E-state index in [0.29, 0.717) is 6.42 Å². The van der Waals surface area contributed by atoms with Crippen molar-refractivity contribution in [3.05, 3.63) is 51.0 Å². The largest absolute Gasteiger partial charge is 0.272 e. The third-order valence-corrected chi connectivity index (χ3v) is 4.29. The monoisotopic (exact) mass is 340 g/mol. The normalized spacial score (nSPS) is 12.7. The number of nitrogens with zero attached hydrogens (tertiary/aromatic N) is 2. The van der Waals surface area contributed by atoms with E-state index in [1.165, 1.54) is 12.1 Å². The summed E-state index contributed by atoms with van der Waals surface area (Å²) in [5, 5.41) is 4.41. The first-order valence-electron chi connectivity index (χ1n) is 6.34. The molecule has 0 spiro atoms. The van der Waals surface area contributed by atoms with Gasteiger partial charge >= 0.3 is 0 Å². The summed E-state index contributed by atoms with van der Waals surface area (Å²) >= 11 is 3.39. The minimum atomic E-state index is -0.258. The number of hydrogen-bond acceptors (Lipinski definition) is 3. The molecular formula is C14H18BrFN4. The van der Waals surface area contributed by atoms with E-state index in [0.717, 1.165) is 27.0 Å². The number of rotatable bonds is 4. The molecule has 0 fully saturated rings. The van der Waals surface area contributed by atoms with E-state index in [4.69, 9.17) is 5.84 Å². The summed E-state index contributed by atoms with van der Waals surface area (Å²) in [6.45, 7) is 3.98. The molecule has 4 nitrogen and oxygen atoms in total. The molecule has 1 heterocycles. The van der Waals surface area contributed by atoms with Crippen LogP contribution in [0.5, 0.6) is 0 Å². The molecule has 1 atom stereocenters. The van der Waals surface area contributed by atoms with E-state index >= 15 is 0 Å². The molecule has 20 heavy (non-hydrogen) atoms. The number of nitrogens with one attached hydrogen (secondary N) is 1. The Morgan fingerprint density at radius 3 is 2.65 bits per heavy atom. The molecule has 2 aromatic rings. The highest BCUT2D eigenvalue weighted by molar-refractivity contribution is 9.10. The fourth-order valence-electron chi connectivity index (χ4n) is 2.45. The number of aromatic nitrogens is 2. The molecule has 0 bridgehead atoms. The summed E-state index contributed by atoms with van der Waals surface area (Å²) in [4.78, 5) is 0. The molecule has 1 aromatic heterocycles. The van der Waals surface area contributed by atoms with Crippen LogP contribution in [0.25, 0.3) is 0 Å². The molecule has 2 rings (SSSR count). The van der Waals surface area contributed by atoms with Gasteiger partial charge in [-0.15, -0.1) is 0 Å². The predicted octanol–water partition coefficient (Wildman–Crippen LogP) is 2.69. The summed E-state index contributed by atoms with van der Waals surface area (Å²) in [5.41, 5.74) is 6.95. The first kappa shape index (κ1) is 15.2. The zero-order valence-electron chi connectivity index (χ0n) is 11.7. The number of nitrogens with two attached hydrogens (primary N) is 1. The smallest absolute Gasteiger partial charge is 0.124 e. The van der Waals surface area contributed by atoms with Crippen LogP contribution < -0.4 is 11.3 Å². The van der Waals surface area contributed by atoms with Gasteiger partial charge in [0.15, 0.2) is 0 Å². The van der Waals surface area contributed by atoms with Gasteiger partial charge in [-0.05, 0) is 38.0 Å². The summed E-state index contributed by atoms with van der Waals surface area (Å²) in [7, 11) is 1.91. The van der Waals surface area contributed by atoms with E-state index in [-0.39, 0.29) is 11.9 Å². The minimum absolute atomic E-state index is 0.0644. The topological polar surface area (TPSA) is 55.9 Å². The Labute approximate surface area is 126 Å². The maximum absolute atomic E-state index is 13.1. The van der Waals surface area contributed by atoms with Crippen molar-refractivity contribution in [2.75, 3.05) is 0 Å². The van der Waals surface area contributed by atoms with Crippen molar-refractivity contribution < 1.29 is 4.39 Å². The second-order valence-corrected chi connectivity index (χ2v) is 5.72. The van der Waals surface area contributed by atoms with E-state index in [1.54, 1.807) is 6.07 Å². The first-order valence-corrected chi connectivity index (χ1v) is 7.13. The highest BCUT2D eigenvalue weighted by atomic mass is 79.9. The van der Waals surface area contributed by atoms with Gasteiger partial charge in [-0.3, -0.25) is 16.0 Å². The molecule has 1 aromatic carbocycles. The Hall–Kier alpha value is -1.24. The standard InChI is InChI=1S/C14H18BrFN4/c1-8-14(9(2)20(3)19-8)13(18-17)6-10-4-5-11(16)7-12(10)15/h4-5,7,13,18H,6,17H2,1-3H3. The Morgan fingerprint density at radius 1 is 1.45 bits per heavy atom. The Bertz CT molecular complexity index is 624. The van der Waals surface area contributed by atoms with Crippen molar-refractivity contribution in [1.29, 1.82) is 0 Å². The number of hydrogen-bond donors (Lipinski definition) is 2. The van der Waals surface area contributed by atoms with Gasteiger partial charge in [0, 0.05) is 22.8 Å². The van der Waals surface area contributed by atoms with Gasteiger partial charge in [0.1, 0.15) is 5.82 Å². The molecule has 0 aliphatic rings. The fraction of sp³-hybridized carbons (Fsp3) is 0.357. The minimum Gasteiger partial charge on any atom is -0.272 e. The zero-order valence-corrected chi connectivity index (χ0v) is 13.3. The number of benzene rings is 1. The third kappa shape index (κ3) is 2.92. The molecule has 0 aliphatic carbocycles. The molecule has 1 unspecified atom stereocenters. The second kappa shape index (κ2) is 6.03. The molecular weight excluding hydrogens is 323 g/mol. The van der Waals surface area contributed by atoms with Crippen LogP contribution in [-0.2, 0) is 13.5 Å². The van der Waals surface area contributed by atoms with E-state index < -0.39 is 0 Å². The number of aryl methyl sites for hydroxylation is 2. The van der Waals surface area contributed by atoms with Crippen molar-refractivity contribution in [2.45, 2.75) is 26.3 Å². The van der Waals surface area contributed by atoms with Gasteiger partial charge in [0.25, 0.3) is 0 Å². The van der Waals surface area contributed by atoms with Gasteiger partial charge in [0.2, 0.25) is 0 Å². The fourth-order valence-corrected chi connectivity index (χ4v) is 2.96. The molecule has 3 N–H and O–H groups in total. The number of hydrazine groups is 1. The molecule has 108 valence electrons. The van der Waals surface area contributed by atoms with Crippen LogP contribution in [0.15, 0.2) is 22.7 Å². The van der Waals surface area contributed by atoms with Crippen LogP contribution in [0.4, 0.5) is 4.39 Å². The van der Waals surface area contributed by atoms with Crippen LogP contribution in [0.1, 0.15) is 28.6 Å². The quantitative estimate of drug-likeness (QED) is 0.664. The van der Waals surface area contributed by atoms with Gasteiger partial charge < -0.3 is 0 Å². The van der Waals surface area contributed by atoms with Crippen molar-refractivity contribution >= 4 is 15.9 Å². The molecule has 0 saturated carbocycles. The van der Waals surface area contributed by atoms with Crippen molar-refractivity contribution in [1.82, 2.24) is 15.2 Å². The van der Waals surface area contributed by atoms with Crippen molar-refractivity contribution in [3.8, 4) is 0 Å².